The van der Waals surface area contributed by atoms with E-state index in [4.69, 9.17) is 17.3 Å². The highest BCUT2D eigenvalue weighted by Crippen LogP contribution is 2.31. The monoisotopic (exact) mass is 260 g/mol. The van der Waals surface area contributed by atoms with Crippen LogP contribution in [-0.2, 0) is 5.41 Å². The minimum atomic E-state index is -0.164. The van der Waals surface area contributed by atoms with Crippen molar-refractivity contribution in [3.8, 4) is 0 Å². The van der Waals surface area contributed by atoms with E-state index in [-0.39, 0.29) is 11.0 Å². The zero-order valence-corrected chi connectivity index (χ0v) is 12.0. The number of hydrogen-bond acceptors (Lipinski definition) is 3. The molecule has 0 aromatic carbocycles. The zero-order chi connectivity index (χ0) is 12.4. The smallest absolute Gasteiger partial charge is 0.0931 e. The van der Waals surface area contributed by atoms with Gasteiger partial charge < -0.3 is 11.1 Å². The van der Waals surface area contributed by atoms with E-state index in [1.54, 1.807) is 11.3 Å². The Balaban J connectivity index is 2.52. The predicted octanol–water partition coefficient (Wildman–Crippen LogP) is 3.01. The van der Waals surface area contributed by atoms with Crippen molar-refractivity contribution < 1.29 is 0 Å². The van der Waals surface area contributed by atoms with Gasteiger partial charge in [0.05, 0.1) is 4.34 Å². The maximum atomic E-state index is 5.95. The van der Waals surface area contributed by atoms with Crippen LogP contribution in [0, 0.1) is 0 Å². The summed E-state index contributed by atoms with van der Waals surface area (Å²) in [6, 6.07) is 4.05. The van der Waals surface area contributed by atoms with Gasteiger partial charge in [-0.15, -0.1) is 11.3 Å². The fraction of sp³-hybridized carbons (Fsp3) is 0.667. The summed E-state index contributed by atoms with van der Waals surface area (Å²) < 4.78 is 0.849. The molecular formula is C12H21ClN2S. The van der Waals surface area contributed by atoms with E-state index in [9.17, 15) is 0 Å². The molecule has 0 atom stereocenters. The summed E-state index contributed by atoms with van der Waals surface area (Å²) in [7, 11) is 0. The highest BCUT2D eigenvalue weighted by atomic mass is 35.5. The molecule has 1 aromatic rings. The Morgan fingerprint density at radius 3 is 2.31 bits per heavy atom. The van der Waals surface area contributed by atoms with Crippen LogP contribution in [0.25, 0.3) is 0 Å². The van der Waals surface area contributed by atoms with Gasteiger partial charge in [0, 0.05) is 28.9 Å². The van der Waals surface area contributed by atoms with Crippen LogP contribution in [0.4, 0.5) is 0 Å². The van der Waals surface area contributed by atoms with Crippen molar-refractivity contribution >= 4 is 22.9 Å². The van der Waals surface area contributed by atoms with Crippen LogP contribution >= 0.6 is 22.9 Å². The maximum Gasteiger partial charge on any atom is 0.0931 e. The Hall–Kier alpha value is -0.0900. The summed E-state index contributed by atoms with van der Waals surface area (Å²) in [5, 5.41) is 3.41. The molecule has 0 aliphatic carbocycles. The van der Waals surface area contributed by atoms with Crippen LogP contribution < -0.4 is 11.1 Å². The topological polar surface area (TPSA) is 38.0 Å². The summed E-state index contributed by atoms with van der Waals surface area (Å²) in [6.07, 6.45) is 0. The molecule has 2 nitrogen and oxygen atoms in total. The molecule has 0 aliphatic rings. The standard InChI is InChI=1S/C12H21ClN2S/c1-11(2,7-15-8-12(3,4)14)9-5-6-10(13)16-9/h5-6,15H,7-8,14H2,1-4H3. The van der Waals surface area contributed by atoms with Crippen LogP contribution in [-0.4, -0.2) is 18.6 Å². The van der Waals surface area contributed by atoms with Crippen molar-refractivity contribution in [2.24, 2.45) is 5.73 Å². The lowest BCUT2D eigenvalue weighted by molar-refractivity contribution is 0.414. The van der Waals surface area contributed by atoms with Gasteiger partial charge in [-0.3, -0.25) is 0 Å². The lowest BCUT2D eigenvalue weighted by Crippen LogP contribution is -2.46. The molecule has 0 amide bonds. The zero-order valence-electron chi connectivity index (χ0n) is 10.4. The van der Waals surface area contributed by atoms with Crippen LogP contribution in [0.3, 0.4) is 0 Å². The molecule has 3 N–H and O–H groups in total. The molecule has 0 radical (unpaired) electrons. The molecule has 4 heteroatoms. The molecule has 0 fully saturated rings. The van der Waals surface area contributed by atoms with E-state index in [1.165, 1.54) is 4.88 Å². The molecule has 0 saturated heterocycles. The van der Waals surface area contributed by atoms with E-state index < -0.39 is 0 Å². The van der Waals surface area contributed by atoms with Crippen LogP contribution in [0.1, 0.15) is 32.6 Å². The average molecular weight is 261 g/mol. The van der Waals surface area contributed by atoms with Crippen molar-refractivity contribution in [1.29, 1.82) is 0 Å². The second kappa shape index (κ2) is 5.05. The highest BCUT2D eigenvalue weighted by molar-refractivity contribution is 7.16. The number of nitrogens with two attached hydrogens (primary N) is 1. The summed E-state index contributed by atoms with van der Waals surface area (Å²) in [6.45, 7) is 10.2. The van der Waals surface area contributed by atoms with Gasteiger partial charge in [0.15, 0.2) is 0 Å². The molecule has 0 bridgehead atoms. The number of hydrogen-bond donors (Lipinski definition) is 2. The van der Waals surface area contributed by atoms with Crippen molar-refractivity contribution in [1.82, 2.24) is 5.32 Å². The third kappa shape index (κ3) is 4.42. The molecule has 0 aliphatic heterocycles. The fourth-order valence-corrected chi connectivity index (χ4v) is 2.61. The van der Waals surface area contributed by atoms with E-state index in [1.807, 2.05) is 19.9 Å². The van der Waals surface area contributed by atoms with Gasteiger partial charge in [0.1, 0.15) is 0 Å². The molecule has 1 heterocycles. The molecule has 92 valence electrons. The second-order valence-corrected chi connectivity index (χ2v) is 7.29. The first-order valence-electron chi connectivity index (χ1n) is 5.46. The molecule has 1 aromatic heterocycles. The van der Waals surface area contributed by atoms with E-state index in [2.05, 4.69) is 25.2 Å². The Kier molecular flexibility index (Phi) is 4.41. The van der Waals surface area contributed by atoms with Gasteiger partial charge in [-0.2, -0.15) is 0 Å². The Morgan fingerprint density at radius 2 is 1.88 bits per heavy atom. The Morgan fingerprint density at radius 1 is 1.25 bits per heavy atom. The largest absolute Gasteiger partial charge is 0.324 e. The van der Waals surface area contributed by atoms with Crippen molar-refractivity contribution in [3.05, 3.63) is 21.3 Å². The first-order valence-corrected chi connectivity index (χ1v) is 6.66. The maximum absolute atomic E-state index is 5.95. The third-order valence-electron chi connectivity index (χ3n) is 2.39. The summed E-state index contributed by atoms with van der Waals surface area (Å²) >= 11 is 7.60. The third-order valence-corrected chi connectivity index (χ3v) is 3.98. The van der Waals surface area contributed by atoms with Crippen LogP contribution in [0.15, 0.2) is 12.1 Å². The summed E-state index contributed by atoms with van der Waals surface area (Å²) in [5.41, 5.74) is 5.86. The van der Waals surface area contributed by atoms with Gasteiger partial charge in [0.2, 0.25) is 0 Å². The minimum Gasteiger partial charge on any atom is -0.324 e. The lowest BCUT2D eigenvalue weighted by Gasteiger charge is -2.27. The SMILES string of the molecule is CC(C)(N)CNCC(C)(C)c1ccc(Cl)s1. The average Bonchev–Trinajstić information content (AvgIpc) is 2.49. The molecule has 1 rings (SSSR count). The second-order valence-electron chi connectivity index (χ2n) is 5.58. The number of halogens is 1. The van der Waals surface area contributed by atoms with Crippen LogP contribution in [0.5, 0.6) is 0 Å². The number of rotatable bonds is 5. The van der Waals surface area contributed by atoms with Crippen molar-refractivity contribution in [3.63, 3.8) is 0 Å². The van der Waals surface area contributed by atoms with Gasteiger partial charge in [0.25, 0.3) is 0 Å². The molecule has 0 spiro atoms. The van der Waals surface area contributed by atoms with E-state index in [0.29, 0.717) is 0 Å². The Labute approximate surface area is 107 Å². The van der Waals surface area contributed by atoms with Gasteiger partial charge in [-0.1, -0.05) is 25.4 Å². The highest BCUT2D eigenvalue weighted by Gasteiger charge is 2.23. The van der Waals surface area contributed by atoms with Crippen LogP contribution in [0.2, 0.25) is 4.34 Å². The summed E-state index contributed by atoms with van der Waals surface area (Å²) in [4.78, 5) is 1.31. The Bertz CT molecular complexity index is 339. The van der Waals surface area contributed by atoms with E-state index in [0.717, 1.165) is 17.4 Å². The van der Waals surface area contributed by atoms with Gasteiger partial charge in [-0.25, -0.2) is 0 Å². The molecule has 0 unspecified atom stereocenters. The first kappa shape index (κ1) is 14.0. The van der Waals surface area contributed by atoms with E-state index >= 15 is 0 Å². The lowest BCUT2D eigenvalue weighted by atomic mass is 9.91. The molecule has 0 saturated carbocycles. The van der Waals surface area contributed by atoms with Crippen molar-refractivity contribution in [2.75, 3.05) is 13.1 Å². The summed E-state index contributed by atoms with van der Waals surface area (Å²) in [5.74, 6) is 0. The predicted molar refractivity (Wildman–Crippen MR) is 73.5 cm³/mol. The van der Waals surface area contributed by atoms with Gasteiger partial charge in [-0.05, 0) is 26.0 Å². The normalized spacial score (nSPS) is 13.1. The minimum absolute atomic E-state index is 0.100. The molecule has 16 heavy (non-hydrogen) atoms. The first-order chi connectivity index (χ1) is 7.21. The molecular weight excluding hydrogens is 240 g/mol. The fourth-order valence-electron chi connectivity index (χ4n) is 1.46. The number of nitrogens with one attached hydrogen (secondary N) is 1. The van der Waals surface area contributed by atoms with Gasteiger partial charge >= 0.3 is 0 Å². The van der Waals surface area contributed by atoms with Crippen molar-refractivity contribution in [2.45, 2.75) is 38.6 Å². The quantitative estimate of drug-likeness (QED) is 0.854. The number of thiophene rings is 1.